The zero-order valence-electron chi connectivity index (χ0n) is 8.96. The normalized spacial score (nSPS) is 12.4. The van der Waals surface area contributed by atoms with Gasteiger partial charge in [0.2, 0.25) is 0 Å². The standard InChI is InChI=1S/C9H15BrN4O2/c1-6(15)4-11-2-3-12-8-7(10)9(16)14-5-13-8/h5-6,11,15H,2-4H2,1H3,(H2,12,13,14,16). The first kappa shape index (κ1) is 13.1. The highest BCUT2D eigenvalue weighted by Crippen LogP contribution is 2.11. The molecule has 4 N–H and O–H groups in total. The topological polar surface area (TPSA) is 90.0 Å². The summed E-state index contributed by atoms with van der Waals surface area (Å²) >= 11 is 3.14. The van der Waals surface area contributed by atoms with E-state index in [9.17, 15) is 4.79 Å². The van der Waals surface area contributed by atoms with Crippen molar-refractivity contribution >= 4 is 21.7 Å². The maximum Gasteiger partial charge on any atom is 0.267 e. The number of aromatic amines is 1. The number of hydrogen-bond acceptors (Lipinski definition) is 5. The first-order valence-corrected chi connectivity index (χ1v) is 5.76. The fourth-order valence-corrected chi connectivity index (χ4v) is 1.44. The molecular formula is C9H15BrN4O2. The molecule has 0 saturated carbocycles. The number of aromatic nitrogens is 2. The first-order valence-electron chi connectivity index (χ1n) is 4.97. The van der Waals surface area contributed by atoms with Crippen LogP contribution in [0, 0.1) is 0 Å². The van der Waals surface area contributed by atoms with Crippen molar-refractivity contribution in [3.05, 3.63) is 21.2 Å². The van der Waals surface area contributed by atoms with Gasteiger partial charge in [0.1, 0.15) is 10.3 Å². The molecule has 1 atom stereocenters. The highest BCUT2D eigenvalue weighted by atomic mass is 79.9. The van der Waals surface area contributed by atoms with Crippen molar-refractivity contribution in [1.82, 2.24) is 15.3 Å². The van der Waals surface area contributed by atoms with Gasteiger partial charge in [-0.25, -0.2) is 4.98 Å². The van der Waals surface area contributed by atoms with Gasteiger partial charge in [-0.05, 0) is 22.9 Å². The van der Waals surface area contributed by atoms with Crippen LogP contribution in [0.25, 0.3) is 0 Å². The Hall–Kier alpha value is -0.920. The van der Waals surface area contributed by atoms with E-state index in [2.05, 4.69) is 36.5 Å². The number of aliphatic hydroxyl groups is 1. The number of hydrogen-bond donors (Lipinski definition) is 4. The van der Waals surface area contributed by atoms with Gasteiger partial charge in [0.15, 0.2) is 0 Å². The molecule has 0 aliphatic rings. The lowest BCUT2D eigenvalue weighted by Gasteiger charge is -2.08. The molecule has 0 spiro atoms. The molecule has 6 nitrogen and oxygen atoms in total. The lowest BCUT2D eigenvalue weighted by atomic mass is 10.4. The minimum atomic E-state index is -0.357. The van der Waals surface area contributed by atoms with Crippen LogP contribution < -0.4 is 16.2 Å². The van der Waals surface area contributed by atoms with Crippen LogP contribution in [-0.4, -0.2) is 40.8 Å². The quantitative estimate of drug-likeness (QED) is 0.550. The number of anilines is 1. The number of nitrogens with one attached hydrogen (secondary N) is 3. The van der Waals surface area contributed by atoms with Gasteiger partial charge < -0.3 is 20.7 Å². The van der Waals surface area contributed by atoms with E-state index in [1.807, 2.05) is 0 Å². The molecule has 0 fully saturated rings. The van der Waals surface area contributed by atoms with Crippen molar-refractivity contribution < 1.29 is 5.11 Å². The second kappa shape index (κ2) is 6.62. The summed E-state index contributed by atoms with van der Waals surface area (Å²) in [6.07, 6.45) is 0.989. The minimum Gasteiger partial charge on any atom is -0.392 e. The second-order valence-electron chi connectivity index (χ2n) is 3.37. The zero-order valence-corrected chi connectivity index (χ0v) is 10.5. The zero-order chi connectivity index (χ0) is 12.0. The predicted molar refractivity (Wildman–Crippen MR) is 65.6 cm³/mol. The fourth-order valence-electron chi connectivity index (χ4n) is 1.09. The Bertz CT molecular complexity index is 380. The van der Waals surface area contributed by atoms with Crippen molar-refractivity contribution in [2.75, 3.05) is 25.0 Å². The van der Waals surface area contributed by atoms with Crippen LogP contribution in [0.1, 0.15) is 6.92 Å². The van der Waals surface area contributed by atoms with Gasteiger partial charge in [0, 0.05) is 19.6 Å². The van der Waals surface area contributed by atoms with E-state index in [1.54, 1.807) is 6.92 Å². The number of rotatable bonds is 6. The van der Waals surface area contributed by atoms with Crippen molar-refractivity contribution in [3.8, 4) is 0 Å². The molecule has 1 aromatic heterocycles. The van der Waals surface area contributed by atoms with Crippen LogP contribution in [0.15, 0.2) is 15.6 Å². The molecular weight excluding hydrogens is 276 g/mol. The third-order valence-electron chi connectivity index (χ3n) is 1.83. The Morgan fingerprint density at radius 2 is 2.38 bits per heavy atom. The van der Waals surface area contributed by atoms with Crippen LogP contribution in [0.3, 0.4) is 0 Å². The van der Waals surface area contributed by atoms with Crippen LogP contribution >= 0.6 is 15.9 Å². The smallest absolute Gasteiger partial charge is 0.267 e. The maximum absolute atomic E-state index is 11.2. The Labute approximate surface area is 102 Å². The predicted octanol–water partition coefficient (Wildman–Crippen LogP) is -0.0853. The summed E-state index contributed by atoms with van der Waals surface area (Å²) in [5, 5.41) is 15.1. The summed E-state index contributed by atoms with van der Waals surface area (Å²) in [5.41, 5.74) is -0.213. The third-order valence-corrected chi connectivity index (χ3v) is 2.57. The molecule has 7 heteroatoms. The van der Waals surface area contributed by atoms with Gasteiger partial charge >= 0.3 is 0 Å². The molecule has 0 saturated heterocycles. The van der Waals surface area contributed by atoms with E-state index in [4.69, 9.17) is 5.11 Å². The minimum absolute atomic E-state index is 0.213. The number of nitrogens with zero attached hydrogens (tertiary/aromatic N) is 1. The van der Waals surface area contributed by atoms with Crippen LogP contribution in [-0.2, 0) is 0 Å². The Morgan fingerprint density at radius 3 is 3.06 bits per heavy atom. The molecule has 0 bridgehead atoms. The van der Waals surface area contributed by atoms with Crippen molar-refractivity contribution in [2.45, 2.75) is 13.0 Å². The molecule has 16 heavy (non-hydrogen) atoms. The Balaban J connectivity index is 2.32. The molecule has 0 radical (unpaired) electrons. The molecule has 1 heterocycles. The van der Waals surface area contributed by atoms with Crippen LogP contribution in [0.5, 0.6) is 0 Å². The van der Waals surface area contributed by atoms with Crippen molar-refractivity contribution in [2.24, 2.45) is 0 Å². The Kier molecular flexibility index (Phi) is 5.44. The summed E-state index contributed by atoms with van der Waals surface area (Å²) in [6.45, 7) is 3.58. The van der Waals surface area contributed by atoms with Crippen molar-refractivity contribution in [1.29, 1.82) is 0 Å². The summed E-state index contributed by atoms with van der Waals surface area (Å²) in [6, 6.07) is 0. The highest BCUT2D eigenvalue weighted by molar-refractivity contribution is 9.10. The number of H-pyrrole nitrogens is 1. The molecule has 1 rings (SSSR count). The SMILES string of the molecule is CC(O)CNCCNc1nc[nH]c(=O)c1Br. The fraction of sp³-hybridized carbons (Fsp3) is 0.556. The summed E-state index contributed by atoms with van der Waals surface area (Å²) < 4.78 is 0.394. The largest absolute Gasteiger partial charge is 0.392 e. The first-order chi connectivity index (χ1) is 7.61. The summed E-state index contributed by atoms with van der Waals surface area (Å²) in [4.78, 5) is 17.6. The van der Waals surface area contributed by atoms with E-state index in [1.165, 1.54) is 6.33 Å². The monoisotopic (exact) mass is 290 g/mol. The maximum atomic E-state index is 11.2. The average Bonchev–Trinajstić information content (AvgIpc) is 2.23. The molecule has 0 amide bonds. The van der Waals surface area contributed by atoms with E-state index in [-0.39, 0.29) is 11.7 Å². The van der Waals surface area contributed by atoms with Gasteiger partial charge in [-0.3, -0.25) is 4.79 Å². The van der Waals surface area contributed by atoms with E-state index < -0.39 is 0 Å². The summed E-state index contributed by atoms with van der Waals surface area (Å²) in [7, 11) is 0. The average molecular weight is 291 g/mol. The van der Waals surface area contributed by atoms with Crippen molar-refractivity contribution in [3.63, 3.8) is 0 Å². The summed E-state index contributed by atoms with van der Waals surface area (Å²) in [5.74, 6) is 0.516. The lowest BCUT2D eigenvalue weighted by molar-refractivity contribution is 0.192. The van der Waals surface area contributed by atoms with Gasteiger partial charge in [0.05, 0.1) is 12.4 Å². The highest BCUT2D eigenvalue weighted by Gasteiger charge is 2.03. The number of halogens is 1. The van der Waals surface area contributed by atoms with E-state index in [0.717, 1.165) is 0 Å². The van der Waals surface area contributed by atoms with E-state index in [0.29, 0.717) is 29.9 Å². The Morgan fingerprint density at radius 1 is 1.62 bits per heavy atom. The van der Waals surface area contributed by atoms with Gasteiger partial charge in [-0.2, -0.15) is 0 Å². The van der Waals surface area contributed by atoms with Gasteiger partial charge in [-0.15, -0.1) is 0 Å². The van der Waals surface area contributed by atoms with E-state index >= 15 is 0 Å². The van der Waals surface area contributed by atoms with Crippen LogP contribution in [0.2, 0.25) is 0 Å². The molecule has 90 valence electrons. The third kappa shape index (κ3) is 4.30. The second-order valence-corrected chi connectivity index (χ2v) is 4.17. The molecule has 1 aromatic rings. The molecule has 0 aliphatic carbocycles. The number of aliphatic hydroxyl groups excluding tert-OH is 1. The lowest BCUT2D eigenvalue weighted by Crippen LogP contribution is -2.29. The van der Waals surface area contributed by atoms with Gasteiger partial charge in [0.25, 0.3) is 5.56 Å². The molecule has 0 aliphatic heterocycles. The molecule has 0 aromatic carbocycles. The van der Waals surface area contributed by atoms with Gasteiger partial charge in [-0.1, -0.05) is 0 Å². The van der Waals surface area contributed by atoms with Crippen LogP contribution in [0.4, 0.5) is 5.82 Å². The molecule has 1 unspecified atom stereocenters.